The van der Waals surface area contributed by atoms with E-state index < -0.39 is 14.4 Å². The number of aldehydes is 3. The molecule has 1 aromatic heterocycles. The summed E-state index contributed by atoms with van der Waals surface area (Å²) in [4.78, 5) is 50.5. The molecule has 0 saturated heterocycles. The molecule has 0 bridgehead atoms. The molecule has 0 aliphatic rings. The number of hydrogen-bond acceptors (Lipinski definition) is 7. The highest BCUT2D eigenvalue weighted by Crippen LogP contribution is 2.37. The van der Waals surface area contributed by atoms with Crippen LogP contribution < -0.4 is 0 Å². The zero-order chi connectivity index (χ0) is 17.9. The van der Waals surface area contributed by atoms with Gasteiger partial charge in [-0.3, -0.25) is 14.3 Å². The van der Waals surface area contributed by atoms with Gasteiger partial charge in [0, 0.05) is 24.6 Å². The Kier molecular flexibility index (Phi) is 9.84. The van der Waals surface area contributed by atoms with Gasteiger partial charge in [-0.25, -0.2) is 4.57 Å². The van der Waals surface area contributed by atoms with Gasteiger partial charge in [-0.1, -0.05) is 0 Å². The van der Waals surface area contributed by atoms with E-state index in [0.717, 1.165) is 12.6 Å². The van der Waals surface area contributed by atoms with Crippen LogP contribution in [0.1, 0.15) is 40.9 Å². The van der Waals surface area contributed by atoms with Crippen molar-refractivity contribution < 1.29 is 38.4 Å². The average Bonchev–Trinajstić information content (AvgIpc) is 2.49. The number of aryl methyl sites for hydroxylation is 1. The highest BCUT2D eigenvalue weighted by atomic mass is 31.2. The van der Waals surface area contributed by atoms with E-state index in [1.54, 1.807) is 0 Å². The molecule has 128 valence electrons. The first kappa shape index (κ1) is 21.1. The van der Waals surface area contributed by atoms with Crippen molar-refractivity contribution in [3.63, 3.8) is 0 Å². The molecule has 10 heteroatoms. The summed E-state index contributed by atoms with van der Waals surface area (Å²) < 4.78 is 14.7. The minimum Gasteiger partial charge on any atom is -0.505 e. The van der Waals surface area contributed by atoms with Gasteiger partial charge in [-0.05, 0) is 13.3 Å². The van der Waals surface area contributed by atoms with Gasteiger partial charge in [0.2, 0.25) is 0 Å². The number of pyridine rings is 1. The van der Waals surface area contributed by atoms with Crippen molar-refractivity contribution >= 4 is 26.7 Å². The predicted octanol–water partition coefficient (Wildman–Crippen LogP) is 1.07. The van der Waals surface area contributed by atoms with Crippen LogP contribution in [0.2, 0.25) is 0 Å². The summed E-state index contributed by atoms with van der Waals surface area (Å²) >= 11 is 0. The van der Waals surface area contributed by atoms with E-state index in [1.807, 2.05) is 0 Å². The van der Waals surface area contributed by atoms with Crippen molar-refractivity contribution in [1.82, 2.24) is 4.98 Å². The minimum atomic E-state index is -4.61. The molecule has 0 aliphatic heterocycles. The Bertz CT molecular complexity index is 576. The van der Waals surface area contributed by atoms with Crippen molar-refractivity contribution in [1.29, 1.82) is 0 Å². The lowest BCUT2D eigenvalue weighted by atomic mass is 10.1. The number of phosphoric acid groups is 1. The second-order valence-electron chi connectivity index (χ2n) is 4.28. The van der Waals surface area contributed by atoms with Gasteiger partial charge < -0.3 is 24.5 Å². The molecule has 0 atom stereocenters. The first-order valence-electron chi connectivity index (χ1n) is 6.46. The number of nitrogens with zero attached hydrogens (tertiary/aromatic N) is 1. The third kappa shape index (κ3) is 8.94. The van der Waals surface area contributed by atoms with Crippen LogP contribution in [0.3, 0.4) is 0 Å². The van der Waals surface area contributed by atoms with E-state index in [1.165, 1.54) is 13.1 Å². The molecule has 0 spiro atoms. The maximum absolute atomic E-state index is 10.7. The number of unbranched alkanes of at least 4 members (excludes halogenated alkanes) is 2. The lowest BCUT2D eigenvalue weighted by Crippen LogP contribution is -1.99. The Morgan fingerprint density at radius 2 is 1.78 bits per heavy atom. The van der Waals surface area contributed by atoms with E-state index in [0.29, 0.717) is 25.5 Å². The van der Waals surface area contributed by atoms with Crippen LogP contribution >= 0.6 is 7.82 Å². The van der Waals surface area contributed by atoms with E-state index in [9.17, 15) is 24.1 Å². The van der Waals surface area contributed by atoms with Gasteiger partial charge in [0.15, 0.2) is 6.29 Å². The molecule has 0 amide bonds. The van der Waals surface area contributed by atoms with Crippen LogP contribution in [-0.4, -0.2) is 38.7 Å². The summed E-state index contributed by atoms with van der Waals surface area (Å²) in [5.41, 5.74) is 0.282. The summed E-state index contributed by atoms with van der Waals surface area (Å²) in [5, 5.41) is 9.46. The summed E-state index contributed by atoms with van der Waals surface area (Å²) in [6.45, 7) is 0.995. The third-order valence-electron chi connectivity index (χ3n) is 2.51. The molecule has 1 heterocycles. The highest BCUT2D eigenvalue weighted by molar-refractivity contribution is 7.46. The lowest BCUT2D eigenvalue weighted by molar-refractivity contribution is -0.108. The fraction of sp³-hybridized carbons (Fsp3) is 0.385. The highest BCUT2D eigenvalue weighted by Gasteiger charge is 2.17. The van der Waals surface area contributed by atoms with Gasteiger partial charge in [-0.2, -0.15) is 0 Å². The number of carbonyl (C=O) groups is 3. The maximum atomic E-state index is 10.7. The zero-order valence-electron chi connectivity index (χ0n) is 12.4. The number of hydrogen-bond donors (Lipinski definition) is 3. The van der Waals surface area contributed by atoms with Gasteiger partial charge in [0.05, 0.1) is 17.9 Å². The summed E-state index contributed by atoms with van der Waals surface area (Å²) in [6.07, 6.45) is 4.97. The third-order valence-corrected chi connectivity index (χ3v) is 2.97. The molecule has 0 unspecified atom stereocenters. The van der Waals surface area contributed by atoms with Crippen molar-refractivity contribution in [2.24, 2.45) is 0 Å². The molecule has 0 radical (unpaired) electrons. The molecule has 0 aliphatic carbocycles. The monoisotopic (exact) mass is 347 g/mol. The van der Waals surface area contributed by atoms with Crippen LogP contribution in [0.5, 0.6) is 5.75 Å². The smallest absolute Gasteiger partial charge is 0.469 e. The molecule has 1 rings (SSSR count). The van der Waals surface area contributed by atoms with E-state index in [4.69, 9.17) is 9.79 Å². The van der Waals surface area contributed by atoms with E-state index in [-0.39, 0.29) is 22.6 Å². The second kappa shape index (κ2) is 10.7. The lowest BCUT2D eigenvalue weighted by Gasteiger charge is -2.09. The summed E-state index contributed by atoms with van der Waals surface area (Å²) in [7, 11) is -4.61. The number of carbonyl (C=O) groups excluding carboxylic acids is 3. The molecule has 23 heavy (non-hydrogen) atoms. The molecule has 9 nitrogen and oxygen atoms in total. The molecule has 0 fully saturated rings. The first-order chi connectivity index (χ1) is 10.8. The standard InChI is InChI=1S/C8H10NO6P.C5H8O2/c1-5-8(11)7(3-10)6(2-9-5)4-15-16(12,13)14;6-4-2-1-3-5-7/h2-3,11H,4H2,1H3,(H2,12,13,14);4-5H,1-3H2. The maximum Gasteiger partial charge on any atom is 0.469 e. The Labute approximate surface area is 132 Å². The molecular formula is C13H18NO8P. The van der Waals surface area contributed by atoms with Crippen molar-refractivity contribution in [2.45, 2.75) is 32.8 Å². The van der Waals surface area contributed by atoms with Crippen molar-refractivity contribution in [3.05, 3.63) is 23.0 Å². The topological polar surface area (TPSA) is 151 Å². The Morgan fingerprint density at radius 3 is 2.22 bits per heavy atom. The quantitative estimate of drug-likeness (QED) is 0.356. The Balaban J connectivity index is 0.000000585. The second-order valence-corrected chi connectivity index (χ2v) is 5.52. The largest absolute Gasteiger partial charge is 0.505 e. The van der Waals surface area contributed by atoms with Crippen molar-refractivity contribution in [2.75, 3.05) is 0 Å². The normalized spacial score (nSPS) is 10.4. The van der Waals surface area contributed by atoms with Gasteiger partial charge in [0.25, 0.3) is 0 Å². The molecular weight excluding hydrogens is 329 g/mol. The average molecular weight is 347 g/mol. The van der Waals surface area contributed by atoms with Gasteiger partial charge in [-0.15, -0.1) is 0 Å². The molecule has 1 aromatic rings. The van der Waals surface area contributed by atoms with Crippen molar-refractivity contribution in [3.8, 4) is 5.75 Å². The van der Waals surface area contributed by atoms with Crippen LogP contribution in [-0.2, 0) is 25.3 Å². The van der Waals surface area contributed by atoms with Gasteiger partial charge >= 0.3 is 7.82 Å². The predicted molar refractivity (Wildman–Crippen MR) is 78.8 cm³/mol. The summed E-state index contributed by atoms with van der Waals surface area (Å²) in [6, 6.07) is 0. The number of aromatic nitrogens is 1. The van der Waals surface area contributed by atoms with Crippen LogP contribution in [0.15, 0.2) is 6.20 Å². The van der Waals surface area contributed by atoms with Gasteiger partial charge in [0.1, 0.15) is 18.3 Å². The Morgan fingerprint density at radius 1 is 1.22 bits per heavy atom. The SMILES string of the molecule is Cc1ncc(COP(=O)(O)O)c(C=O)c1O.O=CCCCC=O. The fourth-order valence-electron chi connectivity index (χ4n) is 1.34. The number of aromatic hydroxyl groups is 1. The van der Waals surface area contributed by atoms with Crippen LogP contribution in [0, 0.1) is 6.92 Å². The Hall–Kier alpha value is -1.93. The van der Waals surface area contributed by atoms with E-state index >= 15 is 0 Å². The zero-order valence-corrected chi connectivity index (χ0v) is 13.3. The van der Waals surface area contributed by atoms with E-state index in [2.05, 4.69) is 9.51 Å². The number of phosphoric ester groups is 1. The minimum absolute atomic E-state index is 0.0825. The molecule has 3 N–H and O–H groups in total. The molecule has 0 aromatic carbocycles. The summed E-state index contributed by atoms with van der Waals surface area (Å²) in [5.74, 6) is -0.318. The fourth-order valence-corrected chi connectivity index (χ4v) is 1.64. The molecule has 0 saturated carbocycles. The number of rotatable bonds is 8. The van der Waals surface area contributed by atoms with Crippen LogP contribution in [0.4, 0.5) is 0 Å². The first-order valence-corrected chi connectivity index (χ1v) is 7.99. The van der Waals surface area contributed by atoms with Crippen LogP contribution in [0.25, 0.3) is 0 Å².